The fourth-order valence-electron chi connectivity index (χ4n) is 2.42. The van der Waals surface area contributed by atoms with Crippen molar-refractivity contribution in [3.8, 4) is 16.6 Å². The van der Waals surface area contributed by atoms with Crippen molar-refractivity contribution in [3.05, 3.63) is 70.5 Å². The SMILES string of the molecule is CC(NC(=O)c1cccc(C#N)c1)c1cnc(-c2ccnc(C(F)(F)F)c2)s1. The number of hydrogen-bond donors (Lipinski definition) is 1. The van der Waals surface area contributed by atoms with Gasteiger partial charge in [-0.3, -0.25) is 9.78 Å². The molecule has 0 bridgehead atoms. The minimum Gasteiger partial charge on any atom is -0.345 e. The lowest BCUT2D eigenvalue weighted by Crippen LogP contribution is -2.26. The van der Waals surface area contributed by atoms with E-state index in [0.717, 1.165) is 12.3 Å². The third kappa shape index (κ3) is 4.35. The van der Waals surface area contributed by atoms with Gasteiger partial charge in [-0.1, -0.05) is 6.07 Å². The average molecular weight is 402 g/mol. The maximum Gasteiger partial charge on any atom is 0.433 e. The van der Waals surface area contributed by atoms with Crippen molar-refractivity contribution < 1.29 is 18.0 Å². The van der Waals surface area contributed by atoms with Crippen LogP contribution in [0.5, 0.6) is 0 Å². The van der Waals surface area contributed by atoms with Gasteiger partial charge in [-0.05, 0) is 37.3 Å². The first-order valence-corrected chi connectivity index (χ1v) is 8.90. The molecule has 1 amide bonds. The third-order valence-corrected chi connectivity index (χ3v) is 5.08. The standard InChI is InChI=1S/C19H13F3N4OS/c1-11(26-17(27)13-4-2-3-12(7-13)9-23)15-10-25-18(28-15)14-5-6-24-16(8-14)19(20,21)22/h2-8,10-11H,1H3,(H,26,27). The number of pyridine rings is 1. The summed E-state index contributed by atoms with van der Waals surface area (Å²) in [6.45, 7) is 1.75. The second kappa shape index (κ2) is 7.78. The third-order valence-electron chi connectivity index (χ3n) is 3.85. The number of carbonyl (C=O) groups is 1. The second-order valence-corrected chi connectivity index (χ2v) is 6.95. The molecule has 2 aromatic heterocycles. The predicted molar refractivity (Wildman–Crippen MR) is 97.4 cm³/mol. The Morgan fingerprint density at radius 1 is 1.25 bits per heavy atom. The van der Waals surface area contributed by atoms with E-state index in [2.05, 4.69) is 15.3 Å². The zero-order valence-corrected chi connectivity index (χ0v) is 15.3. The molecule has 9 heteroatoms. The highest BCUT2D eigenvalue weighted by Gasteiger charge is 2.32. The molecule has 5 nitrogen and oxygen atoms in total. The largest absolute Gasteiger partial charge is 0.433 e. The van der Waals surface area contributed by atoms with Crippen LogP contribution >= 0.6 is 11.3 Å². The van der Waals surface area contributed by atoms with Crippen molar-refractivity contribution in [1.29, 1.82) is 5.26 Å². The Morgan fingerprint density at radius 3 is 2.75 bits per heavy atom. The molecule has 1 N–H and O–H groups in total. The van der Waals surface area contributed by atoms with Gasteiger partial charge in [-0.15, -0.1) is 11.3 Å². The fraction of sp³-hybridized carbons (Fsp3) is 0.158. The highest BCUT2D eigenvalue weighted by molar-refractivity contribution is 7.15. The maximum absolute atomic E-state index is 12.8. The van der Waals surface area contributed by atoms with E-state index in [0.29, 0.717) is 26.6 Å². The van der Waals surface area contributed by atoms with Crippen LogP contribution in [0.15, 0.2) is 48.8 Å². The molecule has 0 spiro atoms. The van der Waals surface area contributed by atoms with Gasteiger partial charge in [0, 0.05) is 28.4 Å². The topological polar surface area (TPSA) is 78.7 Å². The molecular formula is C19H13F3N4OS. The van der Waals surface area contributed by atoms with E-state index in [1.807, 2.05) is 6.07 Å². The molecule has 0 aliphatic heterocycles. The Labute approximate surface area is 162 Å². The number of nitrogens with zero attached hydrogens (tertiary/aromatic N) is 3. The molecule has 2 heterocycles. The number of hydrogen-bond acceptors (Lipinski definition) is 5. The molecule has 0 aliphatic carbocycles. The summed E-state index contributed by atoms with van der Waals surface area (Å²) >= 11 is 1.18. The van der Waals surface area contributed by atoms with Gasteiger partial charge in [0.2, 0.25) is 0 Å². The van der Waals surface area contributed by atoms with Crippen LogP contribution in [0.25, 0.3) is 10.6 Å². The van der Waals surface area contributed by atoms with E-state index in [9.17, 15) is 18.0 Å². The number of halogens is 3. The van der Waals surface area contributed by atoms with Crippen LogP contribution in [0.4, 0.5) is 13.2 Å². The van der Waals surface area contributed by atoms with Gasteiger partial charge in [0.1, 0.15) is 10.7 Å². The number of alkyl halides is 3. The molecule has 3 aromatic rings. The van der Waals surface area contributed by atoms with Crippen LogP contribution in [0.2, 0.25) is 0 Å². The summed E-state index contributed by atoms with van der Waals surface area (Å²) in [5, 5.41) is 12.1. The summed E-state index contributed by atoms with van der Waals surface area (Å²) in [4.78, 5) is 20.5. The van der Waals surface area contributed by atoms with Crippen LogP contribution in [-0.4, -0.2) is 15.9 Å². The van der Waals surface area contributed by atoms with Crippen LogP contribution < -0.4 is 5.32 Å². The van der Waals surface area contributed by atoms with Gasteiger partial charge in [0.15, 0.2) is 0 Å². The first-order valence-electron chi connectivity index (χ1n) is 8.08. The van der Waals surface area contributed by atoms with Crippen molar-refractivity contribution in [1.82, 2.24) is 15.3 Å². The molecule has 28 heavy (non-hydrogen) atoms. The van der Waals surface area contributed by atoms with Gasteiger partial charge < -0.3 is 5.32 Å². The maximum atomic E-state index is 12.8. The minimum absolute atomic E-state index is 0.304. The molecule has 0 fully saturated rings. The smallest absolute Gasteiger partial charge is 0.345 e. The Balaban J connectivity index is 1.76. The lowest BCUT2D eigenvalue weighted by atomic mass is 10.1. The molecular weight excluding hydrogens is 389 g/mol. The minimum atomic E-state index is -4.53. The first-order chi connectivity index (χ1) is 13.3. The number of benzene rings is 1. The summed E-state index contributed by atoms with van der Waals surface area (Å²) in [6.07, 6.45) is -1.92. The molecule has 3 rings (SSSR count). The zero-order chi connectivity index (χ0) is 20.3. The number of nitrogens with one attached hydrogen (secondary N) is 1. The summed E-state index contributed by atoms with van der Waals surface area (Å²) in [5.41, 5.74) is 0.0393. The highest BCUT2D eigenvalue weighted by atomic mass is 32.1. The van der Waals surface area contributed by atoms with Crippen molar-refractivity contribution in [2.24, 2.45) is 0 Å². The molecule has 0 saturated carbocycles. The Kier molecular flexibility index (Phi) is 5.42. The predicted octanol–water partition coefficient (Wildman–Crippen LogP) is 4.59. The lowest BCUT2D eigenvalue weighted by Gasteiger charge is -2.12. The number of rotatable bonds is 4. The summed E-state index contributed by atoms with van der Waals surface area (Å²) in [5.74, 6) is -0.359. The van der Waals surface area contributed by atoms with E-state index in [-0.39, 0.29) is 5.91 Å². The number of aromatic nitrogens is 2. The quantitative estimate of drug-likeness (QED) is 0.693. The normalized spacial score (nSPS) is 12.2. The average Bonchev–Trinajstić information content (AvgIpc) is 3.18. The van der Waals surface area contributed by atoms with E-state index < -0.39 is 17.9 Å². The summed E-state index contributed by atoms with van der Waals surface area (Å²) < 4.78 is 38.5. The summed E-state index contributed by atoms with van der Waals surface area (Å²) in [6, 6.07) is 10.2. The van der Waals surface area contributed by atoms with E-state index in [1.54, 1.807) is 25.1 Å². The molecule has 0 saturated heterocycles. The molecule has 0 aliphatic rings. The second-order valence-electron chi connectivity index (χ2n) is 5.88. The highest BCUT2D eigenvalue weighted by Crippen LogP contribution is 2.33. The number of nitriles is 1. The molecule has 142 valence electrons. The van der Waals surface area contributed by atoms with Gasteiger partial charge in [0.05, 0.1) is 17.7 Å². The van der Waals surface area contributed by atoms with Gasteiger partial charge in [0.25, 0.3) is 5.91 Å². The van der Waals surface area contributed by atoms with Crippen molar-refractivity contribution >= 4 is 17.2 Å². The number of carbonyl (C=O) groups excluding carboxylic acids is 1. The van der Waals surface area contributed by atoms with E-state index >= 15 is 0 Å². The van der Waals surface area contributed by atoms with E-state index in [1.165, 1.54) is 29.7 Å². The number of thiazole rings is 1. The molecule has 1 aromatic carbocycles. The fourth-order valence-corrected chi connectivity index (χ4v) is 3.33. The van der Waals surface area contributed by atoms with Crippen LogP contribution in [0.3, 0.4) is 0 Å². The van der Waals surface area contributed by atoms with Crippen molar-refractivity contribution in [2.75, 3.05) is 0 Å². The van der Waals surface area contributed by atoms with E-state index in [4.69, 9.17) is 5.26 Å². The number of amides is 1. The molecule has 1 atom stereocenters. The van der Waals surface area contributed by atoms with Gasteiger partial charge >= 0.3 is 6.18 Å². The van der Waals surface area contributed by atoms with Crippen molar-refractivity contribution in [3.63, 3.8) is 0 Å². The summed E-state index contributed by atoms with van der Waals surface area (Å²) in [7, 11) is 0. The Morgan fingerprint density at radius 2 is 2.04 bits per heavy atom. The monoisotopic (exact) mass is 402 g/mol. The van der Waals surface area contributed by atoms with Crippen molar-refractivity contribution in [2.45, 2.75) is 19.1 Å². The van der Waals surface area contributed by atoms with Gasteiger partial charge in [-0.25, -0.2) is 4.98 Å². The van der Waals surface area contributed by atoms with Gasteiger partial charge in [-0.2, -0.15) is 18.4 Å². The Bertz CT molecular complexity index is 1060. The first kappa shape index (κ1) is 19.5. The molecule has 0 radical (unpaired) electrons. The van der Waals surface area contributed by atoms with Crippen LogP contribution in [0, 0.1) is 11.3 Å². The zero-order valence-electron chi connectivity index (χ0n) is 14.5. The van der Waals surface area contributed by atoms with Crippen LogP contribution in [-0.2, 0) is 6.18 Å². The Hall–Kier alpha value is -3.25. The lowest BCUT2D eigenvalue weighted by molar-refractivity contribution is -0.141. The molecule has 1 unspecified atom stereocenters. The van der Waals surface area contributed by atoms with Crippen LogP contribution in [0.1, 0.15) is 39.5 Å².